The molecule has 1 aromatic rings. The van der Waals surface area contributed by atoms with Crippen molar-refractivity contribution in [2.75, 3.05) is 13.7 Å². The first kappa shape index (κ1) is 16.8. The fraction of sp³-hybridized carbons (Fsp3) is 0.444. The normalized spacial score (nSPS) is 25.2. The van der Waals surface area contributed by atoms with Crippen LogP contribution in [-0.4, -0.2) is 29.5 Å². The lowest BCUT2D eigenvalue weighted by atomic mass is 10.2. The van der Waals surface area contributed by atoms with E-state index in [1.807, 2.05) is 18.8 Å². The van der Waals surface area contributed by atoms with Gasteiger partial charge in [-0.05, 0) is 18.9 Å². The van der Waals surface area contributed by atoms with Gasteiger partial charge in [0.15, 0.2) is 10.1 Å². The molecule has 2 aliphatic heterocycles. The molecule has 1 aromatic carbocycles. The predicted molar refractivity (Wildman–Crippen MR) is 102 cm³/mol. The minimum atomic E-state index is -0.297. The molecule has 0 radical (unpaired) electrons. The number of thioether (sulfide) groups is 2. The second-order valence-corrected chi connectivity index (χ2v) is 8.46. The summed E-state index contributed by atoms with van der Waals surface area (Å²) >= 11 is 3.60. The Morgan fingerprint density at radius 1 is 1.17 bits per heavy atom. The lowest BCUT2D eigenvalue weighted by Crippen LogP contribution is -2.27. The molecule has 2 heterocycles. The van der Waals surface area contributed by atoms with Crippen LogP contribution in [0.3, 0.4) is 0 Å². The van der Waals surface area contributed by atoms with Gasteiger partial charge in [0, 0.05) is 25.0 Å². The second kappa shape index (κ2) is 7.24. The topological polar surface area (TPSA) is 34.0 Å². The lowest BCUT2D eigenvalue weighted by molar-refractivity contribution is 0.0883. The third-order valence-corrected chi connectivity index (χ3v) is 6.89. The van der Waals surface area contributed by atoms with Gasteiger partial charge in [-0.15, -0.1) is 0 Å². The lowest BCUT2D eigenvalue weighted by Gasteiger charge is -2.29. The number of ether oxygens (including phenoxy) is 1. The monoisotopic (exact) mass is 346 g/mol. The van der Waals surface area contributed by atoms with Crippen molar-refractivity contribution >= 4 is 35.1 Å². The quantitative estimate of drug-likeness (QED) is 0.687. The number of nitrogens with zero attached hydrogens (tertiary/aromatic N) is 2. The van der Waals surface area contributed by atoms with Gasteiger partial charge in [-0.3, -0.25) is 4.99 Å². The number of aliphatic imine (C=N–C) groups is 2. The van der Waals surface area contributed by atoms with Crippen molar-refractivity contribution < 1.29 is 4.74 Å². The number of hydrogen-bond acceptors (Lipinski definition) is 4. The Labute approximate surface area is 146 Å². The Balaban J connectivity index is 1.83. The third kappa shape index (κ3) is 3.57. The van der Waals surface area contributed by atoms with E-state index in [4.69, 9.17) is 4.74 Å². The number of amidine groups is 1. The molecule has 5 heteroatoms. The molecule has 122 valence electrons. The van der Waals surface area contributed by atoms with Crippen LogP contribution in [0.2, 0.25) is 0 Å². The Hall–Kier alpha value is -1.04. The van der Waals surface area contributed by atoms with E-state index in [9.17, 15) is 0 Å². The average Bonchev–Trinajstić information content (AvgIpc) is 3.06. The van der Waals surface area contributed by atoms with E-state index in [2.05, 4.69) is 54.2 Å². The molecule has 0 amide bonds. The summed E-state index contributed by atoms with van der Waals surface area (Å²) in [5.41, 5.74) is 2.36. The number of allylic oxidation sites excluding steroid dienone is 1. The average molecular weight is 347 g/mol. The molecule has 0 fully saturated rings. The molecule has 0 aromatic heterocycles. The van der Waals surface area contributed by atoms with Gasteiger partial charge in [0.1, 0.15) is 0 Å². The maximum atomic E-state index is 6.39. The number of hydrogen-bond donors (Lipinski definition) is 0. The molecule has 2 aliphatic rings. The largest absolute Gasteiger partial charge is 0.354 e. The van der Waals surface area contributed by atoms with E-state index in [1.54, 1.807) is 11.8 Å². The summed E-state index contributed by atoms with van der Waals surface area (Å²) in [6.07, 6.45) is 3.11. The fourth-order valence-corrected chi connectivity index (χ4v) is 5.77. The third-order valence-electron chi connectivity index (χ3n) is 3.82. The predicted octanol–water partition coefficient (Wildman–Crippen LogP) is 4.89. The highest BCUT2D eigenvalue weighted by Crippen LogP contribution is 2.58. The van der Waals surface area contributed by atoms with Gasteiger partial charge in [0.25, 0.3) is 0 Å². The van der Waals surface area contributed by atoms with E-state index in [0.29, 0.717) is 0 Å². The first-order chi connectivity index (χ1) is 11.2. The molecular weight excluding hydrogens is 324 g/mol. The molecule has 23 heavy (non-hydrogen) atoms. The van der Waals surface area contributed by atoms with E-state index in [1.165, 1.54) is 15.4 Å². The van der Waals surface area contributed by atoms with Gasteiger partial charge in [-0.25, -0.2) is 4.99 Å². The van der Waals surface area contributed by atoms with E-state index in [0.717, 1.165) is 37.4 Å². The standard InChI is InChI=1S/C18H22N2OS2/c1-4-5-11-21-18(12-14-9-7-6-8-10-14)22-15-13(2)20-17(19-3)16(15)23-18/h6-10H,4-5,11-12H2,1-3H3. The van der Waals surface area contributed by atoms with Crippen LogP contribution in [0, 0.1) is 0 Å². The minimum Gasteiger partial charge on any atom is -0.354 e. The Kier molecular flexibility index (Phi) is 5.29. The van der Waals surface area contributed by atoms with Crippen LogP contribution >= 0.6 is 23.5 Å². The van der Waals surface area contributed by atoms with Crippen molar-refractivity contribution in [3.8, 4) is 0 Å². The maximum absolute atomic E-state index is 6.39. The molecule has 0 bridgehead atoms. The fourth-order valence-electron chi connectivity index (χ4n) is 2.62. The van der Waals surface area contributed by atoms with Crippen molar-refractivity contribution in [1.82, 2.24) is 0 Å². The first-order valence-corrected chi connectivity index (χ1v) is 9.64. The molecule has 0 aliphatic carbocycles. The molecule has 1 atom stereocenters. The molecular formula is C18H22N2OS2. The molecule has 1 unspecified atom stereocenters. The number of unbranched alkanes of at least 4 members (excludes halogenated alkanes) is 1. The van der Waals surface area contributed by atoms with Gasteiger partial charge in [0.2, 0.25) is 0 Å². The van der Waals surface area contributed by atoms with E-state index < -0.39 is 0 Å². The first-order valence-electron chi connectivity index (χ1n) is 8.00. The highest BCUT2D eigenvalue weighted by molar-refractivity contribution is 8.25. The highest BCUT2D eigenvalue weighted by atomic mass is 32.2. The van der Waals surface area contributed by atoms with Gasteiger partial charge < -0.3 is 4.74 Å². The van der Waals surface area contributed by atoms with Crippen molar-refractivity contribution in [3.05, 3.63) is 45.7 Å². The summed E-state index contributed by atoms with van der Waals surface area (Å²) in [6, 6.07) is 10.6. The number of rotatable bonds is 6. The maximum Gasteiger partial charge on any atom is 0.173 e. The zero-order valence-corrected chi connectivity index (χ0v) is 15.5. The Morgan fingerprint density at radius 3 is 2.61 bits per heavy atom. The van der Waals surface area contributed by atoms with Crippen molar-refractivity contribution in [3.63, 3.8) is 0 Å². The summed E-state index contributed by atoms with van der Waals surface area (Å²) in [7, 11) is 1.81. The second-order valence-electron chi connectivity index (χ2n) is 5.65. The minimum absolute atomic E-state index is 0.297. The zero-order valence-electron chi connectivity index (χ0n) is 13.8. The smallest absolute Gasteiger partial charge is 0.173 e. The van der Waals surface area contributed by atoms with Crippen LogP contribution < -0.4 is 0 Å². The zero-order chi connectivity index (χ0) is 16.3. The Morgan fingerprint density at radius 2 is 1.91 bits per heavy atom. The molecule has 0 N–H and O–H groups in total. The summed E-state index contributed by atoms with van der Waals surface area (Å²) in [6.45, 7) is 5.05. The van der Waals surface area contributed by atoms with Crippen LogP contribution in [0.1, 0.15) is 32.3 Å². The van der Waals surface area contributed by atoms with Crippen LogP contribution in [0.5, 0.6) is 0 Å². The summed E-state index contributed by atoms with van der Waals surface area (Å²) < 4.78 is 6.09. The SMILES string of the molecule is CCCCOC1(Cc2ccccc2)SC2=C(S1)C(=NC)N=C2C. The summed E-state index contributed by atoms with van der Waals surface area (Å²) in [4.78, 5) is 11.3. The van der Waals surface area contributed by atoms with Gasteiger partial charge in [-0.2, -0.15) is 0 Å². The molecule has 0 saturated heterocycles. The van der Waals surface area contributed by atoms with E-state index >= 15 is 0 Å². The molecule has 3 nitrogen and oxygen atoms in total. The van der Waals surface area contributed by atoms with Crippen LogP contribution in [-0.2, 0) is 11.2 Å². The van der Waals surface area contributed by atoms with Crippen LogP contribution in [0.4, 0.5) is 0 Å². The van der Waals surface area contributed by atoms with Gasteiger partial charge in [0.05, 0.1) is 10.6 Å². The van der Waals surface area contributed by atoms with E-state index in [-0.39, 0.29) is 4.27 Å². The van der Waals surface area contributed by atoms with Crippen molar-refractivity contribution in [2.24, 2.45) is 9.98 Å². The molecule has 3 rings (SSSR count). The summed E-state index contributed by atoms with van der Waals surface area (Å²) in [5, 5.41) is 0. The Bertz CT molecular complexity index is 667. The highest BCUT2D eigenvalue weighted by Gasteiger charge is 2.46. The van der Waals surface area contributed by atoms with Crippen molar-refractivity contribution in [1.29, 1.82) is 0 Å². The van der Waals surface area contributed by atoms with Crippen LogP contribution in [0.15, 0.2) is 50.1 Å². The van der Waals surface area contributed by atoms with Crippen molar-refractivity contribution in [2.45, 2.75) is 37.4 Å². The van der Waals surface area contributed by atoms with Gasteiger partial charge >= 0.3 is 0 Å². The number of benzene rings is 1. The molecule has 0 saturated carbocycles. The summed E-state index contributed by atoms with van der Waals surface area (Å²) in [5.74, 6) is 0.851. The van der Waals surface area contributed by atoms with Crippen LogP contribution in [0.25, 0.3) is 0 Å². The van der Waals surface area contributed by atoms with Gasteiger partial charge in [-0.1, -0.05) is 67.2 Å². The molecule has 0 spiro atoms.